The number of hydroxylamine groups is 2. The minimum atomic E-state index is -0.561. The van der Waals surface area contributed by atoms with Gasteiger partial charge in [-0.05, 0) is 17.2 Å². The van der Waals surface area contributed by atoms with E-state index in [2.05, 4.69) is 4.98 Å². The molecule has 0 aliphatic carbocycles. The molecule has 0 saturated carbocycles. The van der Waals surface area contributed by atoms with E-state index in [0.29, 0.717) is 13.0 Å². The van der Waals surface area contributed by atoms with E-state index in [1.807, 2.05) is 38.1 Å². The van der Waals surface area contributed by atoms with Gasteiger partial charge < -0.3 is 4.74 Å². The highest BCUT2D eigenvalue weighted by molar-refractivity contribution is 5.23. The van der Waals surface area contributed by atoms with Crippen LogP contribution < -0.4 is 9.96 Å². The molecule has 0 unspecified atom stereocenters. The number of aromatic nitrogens is 1. The largest absolute Gasteiger partial charge is 0.473 e. The maximum Gasteiger partial charge on any atom is 0.216 e. The molecule has 0 bridgehead atoms. The molecule has 0 spiro atoms. The Morgan fingerprint density at radius 3 is 2.32 bits per heavy atom. The van der Waals surface area contributed by atoms with Gasteiger partial charge in [0.05, 0.1) is 0 Å². The number of hydrogen-bond donors (Lipinski definition) is 3. The number of nitrogens with one attached hydrogen (secondary N) is 1. The normalized spacial score (nSPS) is 10.1. The molecule has 0 aliphatic rings. The topological polar surface area (TPSA) is 67.0 Å². The SMILES string of the molecule is CC.O[NH+](O)CCc1ccc(COc2cc(F)ccn2)cc1. The Labute approximate surface area is 129 Å². The average molecular weight is 309 g/mol. The molecular weight excluding hydrogens is 287 g/mol. The molecule has 0 fully saturated rings. The summed E-state index contributed by atoms with van der Waals surface area (Å²) in [4.78, 5) is 3.90. The Bertz CT molecular complexity index is 547. The summed E-state index contributed by atoms with van der Waals surface area (Å²) >= 11 is 0. The number of pyridine rings is 1. The van der Waals surface area contributed by atoms with Gasteiger partial charge in [-0.25, -0.2) is 9.37 Å². The Morgan fingerprint density at radius 1 is 1.09 bits per heavy atom. The van der Waals surface area contributed by atoms with Crippen LogP contribution >= 0.6 is 0 Å². The third-order valence-electron chi connectivity index (χ3n) is 2.74. The number of nitrogens with zero attached hydrogens (tertiary/aromatic N) is 1. The third kappa shape index (κ3) is 6.62. The fourth-order valence-electron chi connectivity index (χ4n) is 1.68. The lowest BCUT2D eigenvalue weighted by atomic mass is 10.1. The van der Waals surface area contributed by atoms with E-state index in [-0.39, 0.29) is 18.2 Å². The van der Waals surface area contributed by atoms with Crippen LogP contribution in [0.4, 0.5) is 4.39 Å². The van der Waals surface area contributed by atoms with Gasteiger partial charge in [0.2, 0.25) is 5.88 Å². The number of benzene rings is 1. The van der Waals surface area contributed by atoms with Gasteiger partial charge in [0.15, 0.2) is 0 Å². The smallest absolute Gasteiger partial charge is 0.216 e. The monoisotopic (exact) mass is 309 g/mol. The fraction of sp³-hybridized carbons (Fsp3) is 0.312. The molecule has 1 heterocycles. The van der Waals surface area contributed by atoms with Gasteiger partial charge in [-0.3, -0.25) is 0 Å². The van der Waals surface area contributed by atoms with E-state index < -0.39 is 5.23 Å². The van der Waals surface area contributed by atoms with Gasteiger partial charge >= 0.3 is 0 Å². The fourth-order valence-corrected chi connectivity index (χ4v) is 1.68. The summed E-state index contributed by atoms with van der Waals surface area (Å²) < 4.78 is 18.3. The van der Waals surface area contributed by atoms with Crippen molar-refractivity contribution in [2.24, 2.45) is 0 Å². The van der Waals surface area contributed by atoms with Crippen molar-refractivity contribution in [3.8, 4) is 5.88 Å². The molecule has 1 aromatic heterocycles. The quantitative estimate of drug-likeness (QED) is 0.714. The van der Waals surface area contributed by atoms with E-state index in [1.54, 1.807) is 0 Å². The highest BCUT2D eigenvalue weighted by Crippen LogP contribution is 2.11. The van der Waals surface area contributed by atoms with Gasteiger partial charge in [-0.2, -0.15) is 10.4 Å². The van der Waals surface area contributed by atoms with Crippen molar-refractivity contribution < 1.29 is 24.8 Å². The van der Waals surface area contributed by atoms with Gasteiger partial charge in [0.1, 0.15) is 19.0 Å². The molecule has 3 N–H and O–H groups in total. The molecule has 1 aromatic carbocycles. The van der Waals surface area contributed by atoms with Crippen molar-refractivity contribution in [2.75, 3.05) is 6.54 Å². The predicted octanol–water partition coefficient (Wildman–Crippen LogP) is 2.03. The molecular formula is C16H22FN2O3+. The van der Waals surface area contributed by atoms with Crippen LogP contribution in [0.3, 0.4) is 0 Å². The first kappa shape index (κ1) is 18.0. The molecule has 120 valence electrons. The van der Waals surface area contributed by atoms with Crippen LogP contribution in [0.1, 0.15) is 25.0 Å². The van der Waals surface area contributed by atoms with Gasteiger partial charge in [0.25, 0.3) is 0 Å². The summed E-state index contributed by atoms with van der Waals surface area (Å²) in [5.74, 6) is -0.140. The van der Waals surface area contributed by atoms with Crippen molar-refractivity contribution in [1.29, 1.82) is 0 Å². The molecule has 0 saturated heterocycles. The number of quaternary nitrogens is 1. The van der Waals surface area contributed by atoms with Crippen LogP contribution in [0.15, 0.2) is 42.6 Å². The number of hydrogen-bond acceptors (Lipinski definition) is 4. The molecule has 0 atom stereocenters. The molecule has 0 radical (unpaired) electrons. The summed E-state index contributed by atoms with van der Waals surface area (Å²) in [6.07, 6.45) is 1.92. The first-order valence-corrected chi connectivity index (χ1v) is 7.19. The van der Waals surface area contributed by atoms with Gasteiger partial charge in [-0.1, -0.05) is 43.3 Å². The lowest BCUT2D eigenvalue weighted by molar-refractivity contribution is -1.24. The van der Waals surface area contributed by atoms with Crippen LogP contribution in [-0.4, -0.2) is 21.9 Å². The van der Waals surface area contributed by atoms with E-state index in [1.165, 1.54) is 18.3 Å². The summed E-state index contributed by atoms with van der Waals surface area (Å²) in [6, 6.07) is 10.0. The van der Waals surface area contributed by atoms with Gasteiger partial charge in [-0.15, -0.1) is 0 Å². The standard InChI is InChI=1S/C14H15FN2O3.C2H6/c15-13-5-7-16-14(9-13)20-10-12-3-1-11(2-4-12)6-8-17(18)19;1-2/h1-5,7,9,18-19H,6,8,10H2;1-2H3/p+1. The lowest BCUT2D eigenvalue weighted by Crippen LogP contribution is -3.07. The van der Waals surface area contributed by atoms with Crippen LogP contribution in [0, 0.1) is 5.82 Å². The average Bonchev–Trinajstić information content (AvgIpc) is 2.54. The Balaban J connectivity index is 0.00000116. The highest BCUT2D eigenvalue weighted by atomic mass is 19.1. The minimum absolute atomic E-state index is 0.225. The first-order chi connectivity index (χ1) is 10.6. The highest BCUT2D eigenvalue weighted by Gasteiger charge is 2.02. The second-order valence-corrected chi connectivity index (χ2v) is 4.33. The molecule has 6 heteroatoms. The van der Waals surface area contributed by atoms with Crippen LogP contribution in [0.25, 0.3) is 0 Å². The molecule has 2 aromatic rings. The summed E-state index contributed by atoms with van der Waals surface area (Å²) in [5, 5.41) is 16.9. The Morgan fingerprint density at radius 2 is 1.73 bits per heavy atom. The summed E-state index contributed by atoms with van der Waals surface area (Å²) in [7, 11) is 0. The second-order valence-electron chi connectivity index (χ2n) is 4.33. The van der Waals surface area contributed by atoms with E-state index in [4.69, 9.17) is 15.2 Å². The maximum atomic E-state index is 12.9. The Hall–Kier alpha value is -2.02. The zero-order valence-electron chi connectivity index (χ0n) is 12.8. The van der Waals surface area contributed by atoms with Crippen LogP contribution in [0.2, 0.25) is 0 Å². The molecule has 0 aliphatic heterocycles. The summed E-state index contributed by atoms with van der Waals surface area (Å²) in [6.45, 7) is 4.52. The van der Waals surface area contributed by atoms with E-state index in [0.717, 1.165) is 11.1 Å². The number of ether oxygens (including phenoxy) is 1. The zero-order valence-corrected chi connectivity index (χ0v) is 12.8. The second kappa shape index (κ2) is 9.83. The maximum absolute atomic E-state index is 12.9. The molecule has 5 nitrogen and oxygen atoms in total. The van der Waals surface area contributed by atoms with Crippen molar-refractivity contribution in [3.63, 3.8) is 0 Å². The van der Waals surface area contributed by atoms with Crippen LogP contribution in [-0.2, 0) is 13.0 Å². The van der Waals surface area contributed by atoms with Crippen molar-refractivity contribution in [2.45, 2.75) is 26.9 Å². The van der Waals surface area contributed by atoms with Crippen molar-refractivity contribution in [1.82, 2.24) is 4.98 Å². The van der Waals surface area contributed by atoms with Crippen molar-refractivity contribution in [3.05, 3.63) is 59.5 Å². The van der Waals surface area contributed by atoms with E-state index in [9.17, 15) is 4.39 Å². The van der Waals surface area contributed by atoms with Crippen LogP contribution in [0.5, 0.6) is 5.88 Å². The molecule has 22 heavy (non-hydrogen) atoms. The Kier molecular flexibility index (Phi) is 8.06. The third-order valence-corrected chi connectivity index (χ3v) is 2.74. The number of rotatable bonds is 6. The summed E-state index contributed by atoms with van der Waals surface area (Å²) in [5.41, 5.74) is 1.93. The van der Waals surface area contributed by atoms with Gasteiger partial charge in [0, 0.05) is 18.7 Å². The number of halogens is 1. The zero-order chi connectivity index (χ0) is 16.4. The first-order valence-electron chi connectivity index (χ1n) is 7.19. The van der Waals surface area contributed by atoms with E-state index >= 15 is 0 Å². The van der Waals surface area contributed by atoms with Crippen molar-refractivity contribution >= 4 is 0 Å². The molecule has 2 rings (SSSR count). The molecule has 0 amide bonds. The predicted molar refractivity (Wildman–Crippen MR) is 79.4 cm³/mol. The minimum Gasteiger partial charge on any atom is -0.473 e. The lowest BCUT2D eigenvalue weighted by Gasteiger charge is -2.06.